The van der Waals surface area contributed by atoms with Crippen LogP contribution in [0.15, 0.2) is 23.1 Å². The lowest BCUT2D eigenvalue weighted by molar-refractivity contribution is 0.440. The third kappa shape index (κ3) is 3.64. The molecule has 0 heterocycles. The number of nitrogen functional groups attached to an aromatic ring is 1. The summed E-state index contributed by atoms with van der Waals surface area (Å²) in [5, 5.41) is 3.24. The van der Waals surface area contributed by atoms with E-state index in [4.69, 9.17) is 5.73 Å². The molecule has 0 aliphatic rings. The number of rotatable bonds is 6. The van der Waals surface area contributed by atoms with Crippen LogP contribution < -0.4 is 11.1 Å². The maximum Gasteiger partial charge on any atom is 0.244 e. The first-order chi connectivity index (χ1) is 9.17. The Morgan fingerprint density at radius 1 is 1.25 bits per heavy atom. The minimum absolute atomic E-state index is 0.143. The van der Waals surface area contributed by atoms with E-state index in [0.717, 1.165) is 6.54 Å². The molecule has 1 atom stereocenters. The molecule has 1 aromatic rings. The Morgan fingerprint density at radius 3 is 2.35 bits per heavy atom. The van der Waals surface area contributed by atoms with Gasteiger partial charge in [0, 0.05) is 20.6 Å². The van der Waals surface area contributed by atoms with Gasteiger partial charge in [-0.25, -0.2) is 12.7 Å². The van der Waals surface area contributed by atoms with Crippen molar-refractivity contribution in [3.05, 3.63) is 18.2 Å². The van der Waals surface area contributed by atoms with Crippen LogP contribution >= 0.6 is 0 Å². The van der Waals surface area contributed by atoms with E-state index in [1.54, 1.807) is 12.1 Å². The fourth-order valence-electron chi connectivity index (χ4n) is 1.63. The Balaban J connectivity index is 3.03. The van der Waals surface area contributed by atoms with Crippen LogP contribution in [0.5, 0.6) is 0 Å². The second kappa shape index (κ2) is 6.45. The highest BCUT2D eigenvalue weighted by atomic mass is 32.2. The van der Waals surface area contributed by atoms with Crippen LogP contribution in [0.1, 0.15) is 20.8 Å². The molecule has 0 saturated heterocycles. The molecule has 114 valence electrons. The Labute approximate surface area is 122 Å². The van der Waals surface area contributed by atoms with Gasteiger partial charge in [0.1, 0.15) is 4.90 Å². The van der Waals surface area contributed by atoms with Gasteiger partial charge in [0.15, 0.2) is 0 Å². The summed E-state index contributed by atoms with van der Waals surface area (Å²) in [6.45, 7) is 7.22. The lowest BCUT2D eigenvalue weighted by atomic mass is 9.98. The van der Waals surface area contributed by atoms with Gasteiger partial charge in [-0.1, -0.05) is 26.8 Å². The van der Waals surface area contributed by atoms with E-state index >= 15 is 0 Å². The van der Waals surface area contributed by atoms with E-state index < -0.39 is 10.0 Å². The van der Waals surface area contributed by atoms with Gasteiger partial charge in [0.25, 0.3) is 0 Å². The maximum absolute atomic E-state index is 12.2. The van der Waals surface area contributed by atoms with Crippen LogP contribution in [0.4, 0.5) is 11.4 Å². The lowest BCUT2D eigenvalue weighted by Crippen LogP contribution is -2.24. The minimum atomic E-state index is -3.52. The van der Waals surface area contributed by atoms with Gasteiger partial charge in [-0.05, 0) is 24.0 Å². The Kier molecular flexibility index (Phi) is 5.42. The van der Waals surface area contributed by atoms with Crippen molar-refractivity contribution in [2.75, 3.05) is 31.7 Å². The highest BCUT2D eigenvalue weighted by Gasteiger charge is 2.21. The van der Waals surface area contributed by atoms with Crippen molar-refractivity contribution < 1.29 is 8.42 Å². The standard InChI is InChI=1S/C14H25N3O2S/c1-10(2)11(3)9-16-12-7-6-8-13(14(12)15)20(18,19)17(4)5/h6-8,10-11,16H,9,15H2,1-5H3. The van der Waals surface area contributed by atoms with E-state index in [-0.39, 0.29) is 10.6 Å². The number of benzene rings is 1. The Morgan fingerprint density at radius 2 is 1.85 bits per heavy atom. The highest BCUT2D eigenvalue weighted by molar-refractivity contribution is 7.89. The van der Waals surface area contributed by atoms with Crippen molar-refractivity contribution in [1.82, 2.24) is 4.31 Å². The first-order valence-electron chi connectivity index (χ1n) is 6.72. The number of para-hydroxylation sites is 1. The number of nitrogens with zero attached hydrogens (tertiary/aromatic N) is 1. The number of anilines is 2. The summed E-state index contributed by atoms with van der Waals surface area (Å²) in [6.07, 6.45) is 0. The first-order valence-corrected chi connectivity index (χ1v) is 8.16. The summed E-state index contributed by atoms with van der Waals surface area (Å²) in [6, 6.07) is 5.04. The fraction of sp³-hybridized carbons (Fsp3) is 0.571. The molecule has 6 heteroatoms. The van der Waals surface area contributed by atoms with Gasteiger partial charge >= 0.3 is 0 Å². The van der Waals surface area contributed by atoms with Crippen molar-refractivity contribution in [2.24, 2.45) is 11.8 Å². The van der Waals surface area contributed by atoms with Crippen LogP contribution in [-0.4, -0.2) is 33.4 Å². The topological polar surface area (TPSA) is 75.4 Å². The van der Waals surface area contributed by atoms with Gasteiger partial charge < -0.3 is 11.1 Å². The van der Waals surface area contributed by atoms with Crippen LogP contribution in [0.3, 0.4) is 0 Å². The molecule has 0 fully saturated rings. The second-order valence-corrected chi connectivity index (χ2v) is 7.73. The predicted octanol–water partition coefficient (Wildman–Crippen LogP) is 2.22. The zero-order chi connectivity index (χ0) is 15.5. The molecule has 0 radical (unpaired) electrons. The molecule has 0 aliphatic carbocycles. The molecule has 0 bridgehead atoms. The molecule has 0 aromatic heterocycles. The number of nitrogens with two attached hydrogens (primary N) is 1. The van der Waals surface area contributed by atoms with E-state index in [1.165, 1.54) is 24.5 Å². The average molecular weight is 299 g/mol. The van der Waals surface area contributed by atoms with Crippen LogP contribution in [0.2, 0.25) is 0 Å². The molecule has 5 nitrogen and oxygen atoms in total. The highest BCUT2D eigenvalue weighted by Crippen LogP contribution is 2.28. The summed E-state index contributed by atoms with van der Waals surface area (Å²) in [7, 11) is -0.525. The number of sulfonamides is 1. The van der Waals surface area contributed by atoms with Crippen LogP contribution in [0, 0.1) is 11.8 Å². The van der Waals surface area contributed by atoms with Gasteiger partial charge in [-0.15, -0.1) is 0 Å². The summed E-state index contributed by atoms with van der Waals surface area (Å²) in [5.74, 6) is 1.03. The lowest BCUT2D eigenvalue weighted by Gasteiger charge is -2.19. The number of nitrogens with one attached hydrogen (secondary N) is 1. The van der Waals surface area contributed by atoms with Crippen LogP contribution in [-0.2, 0) is 10.0 Å². The van der Waals surface area contributed by atoms with Crippen molar-refractivity contribution in [3.63, 3.8) is 0 Å². The molecule has 3 N–H and O–H groups in total. The fourth-order valence-corrected chi connectivity index (χ4v) is 2.66. The van der Waals surface area contributed by atoms with E-state index in [9.17, 15) is 8.42 Å². The molecule has 0 aliphatic heterocycles. The molecule has 0 spiro atoms. The van der Waals surface area contributed by atoms with E-state index in [2.05, 4.69) is 26.1 Å². The van der Waals surface area contributed by atoms with Crippen molar-refractivity contribution in [2.45, 2.75) is 25.7 Å². The summed E-state index contributed by atoms with van der Waals surface area (Å²) >= 11 is 0. The molecular formula is C14H25N3O2S. The predicted molar refractivity (Wildman–Crippen MR) is 84.2 cm³/mol. The SMILES string of the molecule is CC(C)C(C)CNc1cccc(S(=O)(=O)N(C)C)c1N. The van der Waals surface area contributed by atoms with E-state index in [0.29, 0.717) is 17.5 Å². The molecule has 1 unspecified atom stereocenters. The zero-order valence-corrected chi connectivity index (χ0v) is 13.7. The summed E-state index contributed by atoms with van der Waals surface area (Å²) in [5.41, 5.74) is 6.94. The minimum Gasteiger partial charge on any atom is -0.396 e. The normalized spacial score (nSPS) is 13.8. The summed E-state index contributed by atoms with van der Waals surface area (Å²) in [4.78, 5) is 0.143. The number of hydrogen-bond donors (Lipinski definition) is 2. The molecular weight excluding hydrogens is 274 g/mol. The third-order valence-corrected chi connectivity index (χ3v) is 5.45. The van der Waals surface area contributed by atoms with Crippen molar-refractivity contribution in [1.29, 1.82) is 0 Å². The average Bonchev–Trinajstić information content (AvgIpc) is 2.36. The Bertz CT molecular complexity index is 554. The molecule has 20 heavy (non-hydrogen) atoms. The first kappa shape index (κ1) is 16.8. The monoisotopic (exact) mass is 299 g/mol. The van der Waals surface area contributed by atoms with Gasteiger partial charge in [-0.3, -0.25) is 0 Å². The third-order valence-electron chi connectivity index (χ3n) is 3.58. The van der Waals surface area contributed by atoms with Crippen molar-refractivity contribution in [3.8, 4) is 0 Å². The molecule has 1 rings (SSSR count). The zero-order valence-electron chi connectivity index (χ0n) is 12.8. The summed E-state index contributed by atoms with van der Waals surface area (Å²) < 4.78 is 25.5. The molecule has 0 saturated carbocycles. The Hall–Kier alpha value is -1.27. The quantitative estimate of drug-likeness (QED) is 0.790. The number of hydrogen-bond acceptors (Lipinski definition) is 4. The molecule has 1 aromatic carbocycles. The van der Waals surface area contributed by atoms with E-state index in [1.807, 2.05) is 0 Å². The van der Waals surface area contributed by atoms with Gasteiger partial charge in [-0.2, -0.15) is 0 Å². The molecule has 0 amide bonds. The van der Waals surface area contributed by atoms with Gasteiger partial charge in [0.2, 0.25) is 10.0 Å². The second-order valence-electron chi connectivity index (χ2n) is 5.61. The van der Waals surface area contributed by atoms with Crippen molar-refractivity contribution >= 4 is 21.4 Å². The largest absolute Gasteiger partial charge is 0.396 e. The maximum atomic E-state index is 12.2. The smallest absolute Gasteiger partial charge is 0.244 e. The van der Waals surface area contributed by atoms with Crippen LogP contribution in [0.25, 0.3) is 0 Å². The van der Waals surface area contributed by atoms with Gasteiger partial charge in [0.05, 0.1) is 11.4 Å².